The van der Waals surface area contributed by atoms with E-state index >= 15 is 0 Å². The van der Waals surface area contributed by atoms with Gasteiger partial charge in [-0.3, -0.25) is 0 Å². The summed E-state index contributed by atoms with van der Waals surface area (Å²) < 4.78 is 5.10. The third-order valence-electron chi connectivity index (χ3n) is 1.81. The van der Waals surface area contributed by atoms with Gasteiger partial charge < -0.3 is 10.1 Å². The van der Waals surface area contributed by atoms with Crippen molar-refractivity contribution in [3.63, 3.8) is 0 Å². The Morgan fingerprint density at radius 1 is 1.27 bits per heavy atom. The number of benzene rings is 1. The Morgan fingerprint density at radius 3 is 2.93 bits per heavy atom. The van der Waals surface area contributed by atoms with Crippen molar-refractivity contribution in [1.82, 2.24) is 15.2 Å². The number of rotatable bonds is 3. The van der Waals surface area contributed by atoms with Crippen molar-refractivity contribution in [2.45, 2.75) is 0 Å². The third kappa shape index (κ3) is 2.40. The van der Waals surface area contributed by atoms with Gasteiger partial charge in [0.1, 0.15) is 5.75 Å². The minimum Gasteiger partial charge on any atom is -0.497 e. The lowest BCUT2D eigenvalue weighted by Crippen LogP contribution is -1.97. The van der Waals surface area contributed by atoms with E-state index in [-0.39, 0.29) is 0 Å². The smallest absolute Gasteiger partial charge is 0.247 e. The zero-order chi connectivity index (χ0) is 10.5. The third-order valence-corrected chi connectivity index (χ3v) is 1.81. The SMILES string of the molecule is COc1cccc(Nc2nccnn2)c1. The van der Waals surface area contributed by atoms with Crippen LogP contribution in [-0.2, 0) is 0 Å². The number of hydrogen-bond acceptors (Lipinski definition) is 5. The maximum atomic E-state index is 5.10. The van der Waals surface area contributed by atoms with Crippen LogP contribution in [0.25, 0.3) is 0 Å². The summed E-state index contributed by atoms with van der Waals surface area (Å²) in [6.07, 6.45) is 3.10. The van der Waals surface area contributed by atoms with Gasteiger partial charge in [0.2, 0.25) is 5.95 Å². The molecule has 1 aromatic heterocycles. The predicted octanol–water partition coefficient (Wildman–Crippen LogP) is 1.62. The standard InChI is InChI=1S/C10H10N4O/c1-15-9-4-2-3-8(7-9)13-10-11-5-6-12-14-10/h2-7H,1H3,(H,11,13,14). The molecule has 0 radical (unpaired) electrons. The fraction of sp³-hybridized carbons (Fsp3) is 0.100. The molecule has 0 bridgehead atoms. The molecular weight excluding hydrogens is 192 g/mol. The molecule has 5 nitrogen and oxygen atoms in total. The average molecular weight is 202 g/mol. The van der Waals surface area contributed by atoms with Gasteiger partial charge in [0, 0.05) is 11.8 Å². The van der Waals surface area contributed by atoms with E-state index in [1.165, 1.54) is 6.20 Å². The van der Waals surface area contributed by atoms with Crippen LogP contribution in [0, 0.1) is 0 Å². The number of aromatic nitrogens is 3. The number of ether oxygens (including phenoxy) is 1. The number of nitrogens with zero attached hydrogens (tertiary/aromatic N) is 3. The predicted molar refractivity (Wildman–Crippen MR) is 56.1 cm³/mol. The fourth-order valence-corrected chi connectivity index (χ4v) is 1.13. The van der Waals surface area contributed by atoms with Crippen LogP contribution in [-0.4, -0.2) is 22.3 Å². The number of anilines is 2. The summed E-state index contributed by atoms with van der Waals surface area (Å²) in [5.74, 6) is 1.25. The Kier molecular flexibility index (Phi) is 2.73. The molecule has 0 fully saturated rings. The van der Waals surface area contributed by atoms with Crippen LogP contribution in [0.3, 0.4) is 0 Å². The van der Waals surface area contributed by atoms with E-state index in [1.807, 2.05) is 24.3 Å². The highest BCUT2D eigenvalue weighted by Crippen LogP contribution is 2.18. The Hall–Kier alpha value is -2.17. The number of hydrogen-bond donors (Lipinski definition) is 1. The highest BCUT2D eigenvalue weighted by Gasteiger charge is 1.97. The van der Waals surface area contributed by atoms with Crippen molar-refractivity contribution in [2.24, 2.45) is 0 Å². The molecule has 0 unspecified atom stereocenters. The first kappa shape index (κ1) is 9.39. The van der Waals surface area contributed by atoms with Crippen molar-refractivity contribution in [3.05, 3.63) is 36.7 Å². The molecule has 1 N–H and O–H groups in total. The molecule has 5 heteroatoms. The van der Waals surface area contributed by atoms with E-state index in [2.05, 4.69) is 20.5 Å². The van der Waals surface area contributed by atoms with Crippen molar-refractivity contribution < 1.29 is 4.74 Å². The van der Waals surface area contributed by atoms with Crippen molar-refractivity contribution in [2.75, 3.05) is 12.4 Å². The lowest BCUT2D eigenvalue weighted by atomic mass is 10.3. The summed E-state index contributed by atoms with van der Waals surface area (Å²) in [7, 11) is 1.62. The van der Waals surface area contributed by atoms with Crippen LogP contribution >= 0.6 is 0 Å². The molecule has 2 aromatic rings. The van der Waals surface area contributed by atoms with E-state index in [0.29, 0.717) is 5.95 Å². The second-order valence-corrected chi connectivity index (χ2v) is 2.82. The molecule has 0 amide bonds. The van der Waals surface area contributed by atoms with Gasteiger partial charge in [0.15, 0.2) is 0 Å². The summed E-state index contributed by atoms with van der Waals surface area (Å²) in [6, 6.07) is 7.52. The molecule has 0 aliphatic heterocycles. The summed E-state index contributed by atoms with van der Waals surface area (Å²) in [5.41, 5.74) is 0.863. The quantitative estimate of drug-likeness (QED) is 0.819. The minimum atomic E-state index is 0.464. The van der Waals surface area contributed by atoms with Crippen molar-refractivity contribution in [1.29, 1.82) is 0 Å². The molecule has 76 valence electrons. The molecule has 0 atom stereocenters. The Morgan fingerprint density at radius 2 is 2.20 bits per heavy atom. The van der Waals surface area contributed by atoms with Gasteiger partial charge in [-0.1, -0.05) is 6.07 Å². The van der Waals surface area contributed by atoms with Gasteiger partial charge in [-0.05, 0) is 12.1 Å². The van der Waals surface area contributed by atoms with Crippen LogP contribution < -0.4 is 10.1 Å². The molecule has 0 aliphatic rings. The topological polar surface area (TPSA) is 59.9 Å². The summed E-state index contributed by atoms with van der Waals surface area (Å²) in [6.45, 7) is 0. The van der Waals surface area contributed by atoms with Crippen LogP contribution in [0.2, 0.25) is 0 Å². The molecule has 2 rings (SSSR count). The second kappa shape index (κ2) is 4.36. The highest BCUT2D eigenvalue weighted by molar-refractivity contribution is 5.55. The van der Waals surface area contributed by atoms with Gasteiger partial charge in [0.05, 0.1) is 19.5 Å². The van der Waals surface area contributed by atoms with Gasteiger partial charge in [-0.25, -0.2) is 4.98 Å². The maximum absolute atomic E-state index is 5.10. The molecule has 15 heavy (non-hydrogen) atoms. The first-order valence-electron chi connectivity index (χ1n) is 4.43. The van der Waals surface area contributed by atoms with Crippen molar-refractivity contribution in [3.8, 4) is 5.75 Å². The lowest BCUT2D eigenvalue weighted by Gasteiger charge is -2.05. The van der Waals surface area contributed by atoms with Gasteiger partial charge in [-0.15, -0.1) is 5.10 Å². The second-order valence-electron chi connectivity index (χ2n) is 2.82. The number of nitrogens with one attached hydrogen (secondary N) is 1. The normalized spacial score (nSPS) is 9.67. The van der Waals surface area contributed by atoms with Crippen molar-refractivity contribution >= 4 is 11.6 Å². The maximum Gasteiger partial charge on any atom is 0.247 e. The summed E-state index contributed by atoms with van der Waals surface area (Å²) in [5, 5.41) is 10.5. The fourth-order valence-electron chi connectivity index (χ4n) is 1.13. The monoisotopic (exact) mass is 202 g/mol. The van der Waals surface area contributed by atoms with E-state index in [4.69, 9.17) is 4.74 Å². The number of methoxy groups -OCH3 is 1. The van der Waals surface area contributed by atoms with Crippen LogP contribution in [0.15, 0.2) is 36.7 Å². The largest absolute Gasteiger partial charge is 0.497 e. The lowest BCUT2D eigenvalue weighted by molar-refractivity contribution is 0.415. The molecule has 0 saturated carbocycles. The average Bonchev–Trinajstić information content (AvgIpc) is 2.31. The Balaban J connectivity index is 2.17. The molecule has 0 spiro atoms. The first-order chi connectivity index (χ1) is 7.38. The van der Waals surface area contributed by atoms with Crippen LogP contribution in [0.5, 0.6) is 5.75 Å². The van der Waals surface area contributed by atoms with Gasteiger partial charge >= 0.3 is 0 Å². The molecule has 0 aliphatic carbocycles. The molecule has 1 aromatic carbocycles. The minimum absolute atomic E-state index is 0.464. The van der Waals surface area contributed by atoms with Crippen LogP contribution in [0.1, 0.15) is 0 Å². The van der Waals surface area contributed by atoms with Gasteiger partial charge in [0.25, 0.3) is 0 Å². The first-order valence-corrected chi connectivity index (χ1v) is 4.43. The van der Waals surface area contributed by atoms with E-state index in [0.717, 1.165) is 11.4 Å². The van der Waals surface area contributed by atoms with E-state index in [9.17, 15) is 0 Å². The Labute approximate surface area is 87.1 Å². The van der Waals surface area contributed by atoms with Gasteiger partial charge in [-0.2, -0.15) is 5.10 Å². The molecular formula is C10H10N4O. The molecule has 0 saturated heterocycles. The summed E-state index contributed by atoms with van der Waals surface area (Å²) >= 11 is 0. The summed E-state index contributed by atoms with van der Waals surface area (Å²) in [4.78, 5) is 4.00. The Bertz CT molecular complexity index is 432. The molecule has 1 heterocycles. The highest BCUT2D eigenvalue weighted by atomic mass is 16.5. The zero-order valence-corrected chi connectivity index (χ0v) is 8.21. The van der Waals surface area contributed by atoms with Crippen LogP contribution in [0.4, 0.5) is 11.6 Å². The van der Waals surface area contributed by atoms with E-state index < -0.39 is 0 Å². The van der Waals surface area contributed by atoms with E-state index in [1.54, 1.807) is 13.3 Å². The zero-order valence-electron chi connectivity index (χ0n) is 8.21.